The molecule has 3 aromatic carbocycles. The van der Waals surface area contributed by atoms with Crippen LogP contribution >= 0.6 is 0 Å². The fourth-order valence-electron chi connectivity index (χ4n) is 3.88. The minimum Gasteiger partial charge on any atom is -0.496 e. The number of carbonyl (C=O) groups is 1. The molecule has 0 spiro atoms. The molecule has 2 N–H and O–H groups in total. The first-order valence-electron chi connectivity index (χ1n) is 11.4. The Labute approximate surface area is 196 Å². The van der Waals surface area contributed by atoms with E-state index in [4.69, 9.17) is 9.47 Å². The van der Waals surface area contributed by atoms with E-state index in [-0.39, 0.29) is 5.91 Å². The van der Waals surface area contributed by atoms with Gasteiger partial charge in [0.25, 0.3) is 5.91 Å². The Kier molecular flexibility index (Phi) is 8.50. The molecule has 0 radical (unpaired) electrons. The van der Waals surface area contributed by atoms with E-state index in [0.29, 0.717) is 37.2 Å². The monoisotopic (exact) mass is 447 g/mol. The molecule has 0 bridgehead atoms. The number of hydrogen-bond acceptors (Lipinski definition) is 4. The molecule has 0 heterocycles. The third kappa shape index (κ3) is 6.36. The summed E-state index contributed by atoms with van der Waals surface area (Å²) in [7, 11) is 1.54. The van der Waals surface area contributed by atoms with Crippen LogP contribution in [-0.2, 0) is 13.0 Å². The molecule has 5 heteroatoms. The number of ether oxygens (including phenoxy) is 2. The third-order valence-electron chi connectivity index (χ3n) is 6.14. The van der Waals surface area contributed by atoms with Crippen LogP contribution in [0.25, 0.3) is 0 Å². The van der Waals surface area contributed by atoms with E-state index in [1.165, 1.54) is 0 Å². The summed E-state index contributed by atoms with van der Waals surface area (Å²) in [6.07, 6.45) is 1.55. The van der Waals surface area contributed by atoms with Gasteiger partial charge in [0.05, 0.1) is 24.3 Å². The number of nitrogens with one attached hydrogen (secondary N) is 1. The van der Waals surface area contributed by atoms with E-state index in [2.05, 4.69) is 5.32 Å². The molecule has 0 aliphatic carbocycles. The second kappa shape index (κ2) is 11.5. The molecule has 33 heavy (non-hydrogen) atoms. The summed E-state index contributed by atoms with van der Waals surface area (Å²) in [5.41, 5.74) is 1.54. The topological polar surface area (TPSA) is 67.8 Å². The van der Waals surface area contributed by atoms with Gasteiger partial charge in [0, 0.05) is 0 Å². The molecule has 0 saturated carbocycles. The van der Waals surface area contributed by atoms with Crippen LogP contribution < -0.4 is 14.8 Å². The van der Waals surface area contributed by atoms with Gasteiger partial charge < -0.3 is 19.9 Å². The van der Waals surface area contributed by atoms with Crippen molar-refractivity contribution < 1.29 is 19.4 Å². The number of rotatable bonds is 11. The highest BCUT2D eigenvalue weighted by atomic mass is 16.5. The average molecular weight is 448 g/mol. The van der Waals surface area contributed by atoms with Gasteiger partial charge in [-0.05, 0) is 54.7 Å². The van der Waals surface area contributed by atoms with Crippen molar-refractivity contribution in [3.63, 3.8) is 0 Å². The first-order chi connectivity index (χ1) is 16.0. The first-order valence-corrected chi connectivity index (χ1v) is 11.4. The maximum atomic E-state index is 13.1. The summed E-state index contributed by atoms with van der Waals surface area (Å²) in [6.45, 7) is 4.38. The number of methoxy groups -OCH3 is 1. The standard InChI is InChI=1S/C28H33NO4/c1-4-28(31,5-2)26(29-27(30)24-13-9-10-14-25(24)32-3)19-21-15-17-23(18-16-21)33-20-22-11-7-6-8-12-22/h6-18,26,31H,4-5,19-20H2,1-3H3,(H,29,30)/t26-/m0/s1. The molecular weight excluding hydrogens is 414 g/mol. The molecule has 174 valence electrons. The van der Waals surface area contributed by atoms with E-state index in [1.54, 1.807) is 25.3 Å². The molecule has 0 unspecified atom stereocenters. The predicted molar refractivity (Wildman–Crippen MR) is 131 cm³/mol. The van der Waals surface area contributed by atoms with E-state index >= 15 is 0 Å². The van der Waals surface area contributed by atoms with Crippen LogP contribution in [0, 0.1) is 0 Å². The Balaban J connectivity index is 1.73. The smallest absolute Gasteiger partial charge is 0.255 e. The maximum Gasteiger partial charge on any atom is 0.255 e. The quantitative estimate of drug-likeness (QED) is 0.426. The van der Waals surface area contributed by atoms with E-state index in [1.807, 2.05) is 74.5 Å². The molecule has 0 aromatic heterocycles. The van der Waals surface area contributed by atoms with Gasteiger partial charge >= 0.3 is 0 Å². The molecule has 0 aliphatic rings. The lowest BCUT2D eigenvalue weighted by Crippen LogP contribution is -2.53. The molecular formula is C28H33NO4. The lowest BCUT2D eigenvalue weighted by atomic mass is 9.84. The van der Waals surface area contributed by atoms with Crippen molar-refractivity contribution in [2.75, 3.05) is 7.11 Å². The van der Waals surface area contributed by atoms with Crippen LogP contribution in [-0.4, -0.2) is 29.8 Å². The van der Waals surface area contributed by atoms with Gasteiger partial charge in [-0.15, -0.1) is 0 Å². The van der Waals surface area contributed by atoms with Crippen LogP contribution in [0.5, 0.6) is 11.5 Å². The van der Waals surface area contributed by atoms with Crippen LogP contribution in [0.15, 0.2) is 78.9 Å². The van der Waals surface area contributed by atoms with Crippen molar-refractivity contribution in [3.8, 4) is 11.5 Å². The summed E-state index contributed by atoms with van der Waals surface area (Å²) >= 11 is 0. The Morgan fingerprint density at radius 3 is 2.18 bits per heavy atom. The van der Waals surface area contributed by atoms with Crippen LogP contribution in [0.1, 0.15) is 48.2 Å². The van der Waals surface area contributed by atoms with Gasteiger partial charge in [-0.3, -0.25) is 4.79 Å². The first kappa shape index (κ1) is 24.3. The van der Waals surface area contributed by atoms with Crippen molar-refractivity contribution in [2.45, 2.75) is 51.4 Å². The van der Waals surface area contributed by atoms with Crippen molar-refractivity contribution in [3.05, 3.63) is 95.6 Å². The molecule has 0 fully saturated rings. The van der Waals surface area contributed by atoms with Crippen LogP contribution in [0.2, 0.25) is 0 Å². The number of hydrogen-bond donors (Lipinski definition) is 2. The SMILES string of the molecule is CCC(O)(CC)[C@H](Cc1ccc(OCc2ccccc2)cc1)NC(=O)c1ccccc1OC. The Morgan fingerprint density at radius 1 is 0.909 bits per heavy atom. The number of para-hydroxylation sites is 1. The zero-order valence-corrected chi connectivity index (χ0v) is 19.6. The number of amides is 1. The Bertz CT molecular complexity index is 1010. The molecule has 3 rings (SSSR count). The van der Waals surface area contributed by atoms with Crippen molar-refractivity contribution in [2.24, 2.45) is 0 Å². The second-order valence-electron chi connectivity index (χ2n) is 8.16. The number of benzene rings is 3. The van der Waals surface area contributed by atoms with Gasteiger partial charge in [0.15, 0.2) is 0 Å². The highest BCUT2D eigenvalue weighted by Crippen LogP contribution is 2.25. The van der Waals surface area contributed by atoms with Crippen LogP contribution in [0.3, 0.4) is 0 Å². The third-order valence-corrected chi connectivity index (χ3v) is 6.14. The second-order valence-corrected chi connectivity index (χ2v) is 8.16. The van der Waals surface area contributed by atoms with Crippen molar-refractivity contribution in [1.29, 1.82) is 0 Å². The predicted octanol–water partition coefficient (Wildman–Crippen LogP) is 5.17. The van der Waals surface area contributed by atoms with E-state index in [9.17, 15) is 9.90 Å². The minimum atomic E-state index is -1.03. The average Bonchev–Trinajstić information content (AvgIpc) is 2.87. The zero-order valence-electron chi connectivity index (χ0n) is 19.6. The summed E-state index contributed by atoms with van der Waals surface area (Å²) in [5.74, 6) is 1.02. The van der Waals surface area contributed by atoms with Crippen molar-refractivity contribution >= 4 is 5.91 Å². The lowest BCUT2D eigenvalue weighted by Gasteiger charge is -2.35. The van der Waals surface area contributed by atoms with Crippen LogP contribution in [0.4, 0.5) is 0 Å². The molecule has 3 aromatic rings. The van der Waals surface area contributed by atoms with Crippen molar-refractivity contribution in [1.82, 2.24) is 5.32 Å². The molecule has 0 aliphatic heterocycles. The molecule has 0 saturated heterocycles. The fourth-order valence-corrected chi connectivity index (χ4v) is 3.88. The molecule has 5 nitrogen and oxygen atoms in total. The van der Waals surface area contributed by atoms with E-state index < -0.39 is 11.6 Å². The van der Waals surface area contributed by atoms with Gasteiger partial charge in [-0.2, -0.15) is 0 Å². The maximum absolute atomic E-state index is 13.1. The zero-order chi connectivity index (χ0) is 23.7. The largest absolute Gasteiger partial charge is 0.496 e. The number of carbonyl (C=O) groups excluding carboxylic acids is 1. The molecule has 1 atom stereocenters. The summed E-state index contributed by atoms with van der Waals surface area (Å²) < 4.78 is 11.2. The number of aliphatic hydroxyl groups is 1. The van der Waals surface area contributed by atoms with Gasteiger partial charge in [0.1, 0.15) is 18.1 Å². The summed E-state index contributed by atoms with van der Waals surface area (Å²) in [4.78, 5) is 13.1. The normalized spacial score (nSPS) is 12.1. The fraction of sp³-hybridized carbons (Fsp3) is 0.321. The Morgan fingerprint density at radius 2 is 1.55 bits per heavy atom. The van der Waals surface area contributed by atoms with Gasteiger partial charge in [0.2, 0.25) is 0 Å². The lowest BCUT2D eigenvalue weighted by molar-refractivity contribution is -0.00495. The van der Waals surface area contributed by atoms with E-state index in [0.717, 1.165) is 16.9 Å². The Hall–Kier alpha value is -3.31. The van der Waals surface area contributed by atoms with Gasteiger partial charge in [-0.25, -0.2) is 0 Å². The molecule has 1 amide bonds. The minimum absolute atomic E-state index is 0.263. The van der Waals surface area contributed by atoms with Gasteiger partial charge in [-0.1, -0.05) is 68.4 Å². The highest BCUT2D eigenvalue weighted by molar-refractivity contribution is 5.97. The summed E-state index contributed by atoms with van der Waals surface area (Å²) in [5, 5.41) is 14.3. The highest BCUT2D eigenvalue weighted by Gasteiger charge is 2.35. The summed E-state index contributed by atoms with van der Waals surface area (Å²) in [6, 6.07) is 24.5.